The highest BCUT2D eigenvalue weighted by molar-refractivity contribution is 5.77. The van der Waals surface area contributed by atoms with E-state index in [1.54, 1.807) is 0 Å². The molecule has 2 bridgehead atoms. The molecule has 1 amide bonds. The molecule has 0 radical (unpaired) electrons. The highest BCUT2D eigenvalue weighted by Gasteiger charge is 2.40. The normalized spacial score (nSPS) is 33.3. The van der Waals surface area contributed by atoms with Crippen LogP contribution in [0.15, 0.2) is 24.3 Å². The minimum Gasteiger partial charge on any atom is -0.493 e. The van der Waals surface area contributed by atoms with E-state index in [2.05, 4.69) is 11.4 Å². The van der Waals surface area contributed by atoms with Crippen molar-refractivity contribution < 1.29 is 9.53 Å². The fourth-order valence-corrected chi connectivity index (χ4v) is 4.61. The highest BCUT2D eigenvalue weighted by atomic mass is 16.5. The van der Waals surface area contributed by atoms with Gasteiger partial charge in [-0.3, -0.25) is 4.79 Å². The molecule has 0 saturated heterocycles. The molecule has 1 aromatic carbocycles. The number of benzene rings is 1. The van der Waals surface area contributed by atoms with Crippen LogP contribution in [-0.2, 0) is 4.79 Å². The lowest BCUT2D eigenvalue weighted by Gasteiger charge is -2.28. The first kappa shape index (κ1) is 13.2. The molecular formula is C18H23NO2. The van der Waals surface area contributed by atoms with Crippen LogP contribution in [0, 0.1) is 17.8 Å². The largest absolute Gasteiger partial charge is 0.493 e. The Morgan fingerprint density at radius 2 is 2.10 bits per heavy atom. The van der Waals surface area contributed by atoms with Crippen molar-refractivity contribution in [2.75, 3.05) is 6.61 Å². The lowest BCUT2D eigenvalue weighted by Crippen LogP contribution is -2.33. The minimum atomic E-state index is 0.126. The second-order valence-electron chi connectivity index (χ2n) is 6.93. The molecule has 4 rings (SSSR count). The number of hydrogen-bond acceptors (Lipinski definition) is 2. The average Bonchev–Trinajstić information content (AvgIpc) is 3.10. The molecule has 1 aromatic rings. The van der Waals surface area contributed by atoms with Gasteiger partial charge in [0.2, 0.25) is 5.91 Å². The third-order valence-corrected chi connectivity index (χ3v) is 5.63. The second-order valence-corrected chi connectivity index (χ2v) is 6.93. The number of nitrogens with one attached hydrogen (secondary N) is 1. The van der Waals surface area contributed by atoms with E-state index in [0.29, 0.717) is 12.5 Å². The van der Waals surface area contributed by atoms with Crippen LogP contribution in [0.25, 0.3) is 0 Å². The summed E-state index contributed by atoms with van der Waals surface area (Å²) < 4.78 is 5.66. The van der Waals surface area contributed by atoms with Crippen molar-refractivity contribution in [3.05, 3.63) is 29.8 Å². The van der Waals surface area contributed by atoms with Gasteiger partial charge in [-0.2, -0.15) is 0 Å². The Morgan fingerprint density at radius 3 is 2.90 bits per heavy atom. The van der Waals surface area contributed by atoms with Crippen LogP contribution in [0.1, 0.15) is 50.1 Å². The number of hydrogen-bond donors (Lipinski definition) is 1. The monoisotopic (exact) mass is 285 g/mol. The standard InChI is InChI=1S/C18H23NO2/c20-18(11-14-10-12-5-6-13(14)9-12)19-16-7-8-21-17-4-2-1-3-15(16)17/h1-4,12-14,16H,5-11H2,(H,19,20)/t12-,13-,14+,16+/m0/s1. The quantitative estimate of drug-likeness (QED) is 0.923. The predicted molar refractivity (Wildman–Crippen MR) is 81.0 cm³/mol. The van der Waals surface area contributed by atoms with Gasteiger partial charge in [-0.1, -0.05) is 24.6 Å². The fraction of sp³-hybridized carbons (Fsp3) is 0.611. The van der Waals surface area contributed by atoms with E-state index in [1.807, 2.05) is 18.2 Å². The van der Waals surface area contributed by atoms with Gasteiger partial charge in [0.05, 0.1) is 12.6 Å². The first-order valence-electron chi connectivity index (χ1n) is 8.30. The van der Waals surface area contributed by atoms with Gasteiger partial charge in [0.1, 0.15) is 5.75 Å². The molecule has 1 N–H and O–H groups in total. The zero-order valence-electron chi connectivity index (χ0n) is 12.4. The molecule has 2 aliphatic carbocycles. The van der Waals surface area contributed by atoms with Gasteiger partial charge in [-0.05, 0) is 43.1 Å². The van der Waals surface area contributed by atoms with Crippen molar-refractivity contribution in [1.82, 2.24) is 5.32 Å². The molecule has 4 atom stereocenters. The Morgan fingerprint density at radius 1 is 1.19 bits per heavy atom. The Kier molecular flexibility index (Phi) is 3.36. The number of para-hydroxylation sites is 1. The van der Waals surface area contributed by atoms with Gasteiger partial charge in [-0.15, -0.1) is 0 Å². The number of rotatable bonds is 3. The topological polar surface area (TPSA) is 38.3 Å². The van der Waals surface area contributed by atoms with E-state index in [0.717, 1.165) is 36.0 Å². The maximum absolute atomic E-state index is 12.4. The first-order valence-corrected chi connectivity index (χ1v) is 8.30. The Bertz CT molecular complexity index is 542. The van der Waals surface area contributed by atoms with Gasteiger partial charge >= 0.3 is 0 Å². The Hall–Kier alpha value is -1.51. The second kappa shape index (κ2) is 5.36. The van der Waals surface area contributed by atoms with Gasteiger partial charge in [0.15, 0.2) is 0 Å². The molecule has 0 unspecified atom stereocenters. The number of ether oxygens (including phenoxy) is 1. The van der Waals surface area contributed by atoms with Gasteiger partial charge < -0.3 is 10.1 Å². The molecular weight excluding hydrogens is 262 g/mol. The summed E-state index contributed by atoms with van der Waals surface area (Å²) in [5, 5.41) is 3.24. The molecule has 0 aromatic heterocycles. The third-order valence-electron chi connectivity index (χ3n) is 5.63. The molecule has 2 saturated carbocycles. The van der Waals surface area contributed by atoms with Crippen LogP contribution in [-0.4, -0.2) is 12.5 Å². The summed E-state index contributed by atoms with van der Waals surface area (Å²) in [6.45, 7) is 0.691. The van der Waals surface area contributed by atoms with Crippen molar-refractivity contribution >= 4 is 5.91 Å². The fourth-order valence-electron chi connectivity index (χ4n) is 4.61. The van der Waals surface area contributed by atoms with Crippen molar-refractivity contribution in [3.8, 4) is 5.75 Å². The average molecular weight is 285 g/mol. The zero-order chi connectivity index (χ0) is 14.2. The molecule has 3 aliphatic rings. The van der Waals surface area contributed by atoms with E-state index in [1.165, 1.54) is 25.7 Å². The Balaban J connectivity index is 1.39. The number of carbonyl (C=O) groups is 1. The van der Waals surface area contributed by atoms with E-state index >= 15 is 0 Å². The molecule has 21 heavy (non-hydrogen) atoms. The summed E-state index contributed by atoms with van der Waals surface area (Å²) in [5.74, 6) is 3.53. The number of fused-ring (bicyclic) bond motifs is 3. The summed E-state index contributed by atoms with van der Waals surface area (Å²) in [6, 6.07) is 8.18. The van der Waals surface area contributed by atoms with Crippen molar-refractivity contribution in [1.29, 1.82) is 0 Å². The van der Waals surface area contributed by atoms with E-state index in [-0.39, 0.29) is 11.9 Å². The molecule has 1 heterocycles. The van der Waals surface area contributed by atoms with E-state index < -0.39 is 0 Å². The van der Waals surface area contributed by atoms with Crippen LogP contribution in [0.5, 0.6) is 5.75 Å². The predicted octanol–water partition coefficient (Wildman–Crippen LogP) is 3.45. The molecule has 1 aliphatic heterocycles. The zero-order valence-corrected chi connectivity index (χ0v) is 12.4. The first-order chi connectivity index (χ1) is 10.3. The lowest BCUT2D eigenvalue weighted by atomic mass is 9.86. The number of amides is 1. The van der Waals surface area contributed by atoms with E-state index in [9.17, 15) is 4.79 Å². The van der Waals surface area contributed by atoms with Gasteiger partial charge in [0, 0.05) is 18.4 Å². The van der Waals surface area contributed by atoms with E-state index in [4.69, 9.17) is 4.74 Å². The van der Waals surface area contributed by atoms with Crippen LogP contribution >= 0.6 is 0 Å². The van der Waals surface area contributed by atoms with Crippen LogP contribution in [0.2, 0.25) is 0 Å². The molecule has 3 heteroatoms. The summed E-state index contributed by atoms with van der Waals surface area (Å²) >= 11 is 0. The summed E-state index contributed by atoms with van der Waals surface area (Å²) in [4.78, 5) is 12.4. The maximum atomic E-state index is 12.4. The van der Waals surface area contributed by atoms with Crippen LogP contribution in [0.4, 0.5) is 0 Å². The molecule has 3 nitrogen and oxygen atoms in total. The molecule has 112 valence electrons. The van der Waals surface area contributed by atoms with Crippen LogP contribution in [0.3, 0.4) is 0 Å². The Labute approximate surface area is 126 Å². The summed E-state index contributed by atoms with van der Waals surface area (Å²) in [7, 11) is 0. The maximum Gasteiger partial charge on any atom is 0.220 e. The SMILES string of the molecule is O=C(C[C@H]1C[C@H]2CC[C@H]1C2)N[C@@H]1CCOc2ccccc21. The minimum absolute atomic E-state index is 0.126. The highest BCUT2D eigenvalue weighted by Crippen LogP contribution is 2.49. The summed E-state index contributed by atoms with van der Waals surface area (Å²) in [6.07, 6.45) is 7.00. The van der Waals surface area contributed by atoms with Gasteiger partial charge in [-0.25, -0.2) is 0 Å². The van der Waals surface area contributed by atoms with Crippen molar-refractivity contribution in [2.45, 2.75) is 44.6 Å². The summed E-state index contributed by atoms with van der Waals surface area (Å²) in [5.41, 5.74) is 1.13. The number of carbonyl (C=O) groups excluding carboxylic acids is 1. The van der Waals surface area contributed by atoms with Crippen molar-refractivity contribution in [3.63, 3.8) is 0 Å². The lowest BCUT2D eigenvalue weighted by molar-refractivity contribution is -0.123. The van der Waals surface area contributed by atoms with Gasteiger partial charge in [0.25, 0.3) is 0 Å². The third kappa shape index (κ3) is 2.54. The van der Waals surface area contributed by atoms with Crippen LogP contribution < -0.4 is 10.1 Å². The molecule has 0 spiro atoms. The smallest absolute Gasteiger partial charge is 0.220 e. The van der Waals surface area contributed by atoms with Crippen molar-refractivity contribution in [2.24, 2.45) is 17.8 Å². The molecule has 2 fully saturated rings.